The summed E-state index contributed by atoms with van der Waals surface area (Å²) >= 11 is 0. The van der Waals surface area contributed by atoms with Crippen LogP contribution < -0.4 is 0 Å². The number of phenolic OH excluding ortho intramolecular Hbond substituents is 2. The van der Waals surface area contributed by atoms with Crippen molar-refractivity contribution in [1.82, 2.24) is 4.98 Å². The Hall–Kier alpha value is -3.49. The van der Waals surface area contributed by atoms with Crippen LogP contribution in [0, 0.1) is 50.4 Å². The van der Waals surface area contributed by atoms with Crippen molar-refractivity contribution in [3.05, 3.63) is 128 Å². The van der Waals surface area contributed by atoms with Gasteiger partial charge < -0.3 is 25.1 Å². The monoisotopic (exact) mass is 943 g/mol. The molecule has 1 aromatic heterocycles. The van der Waals surface area contributed by atoms with E-state index in [2.05, 4.69) is 133 Å². The van der Waals surface area contributed by atoms with Crippen molar-refractivity contribution in [2.45, 2.75) is 154 Å². The summed E-state index contributed by atoms with van der Waals surface area (Å²) in [6.45, 7) is 16.1. The molecule has 0 unspecified atom stereocenters. The van der Waals surface area contributed by atoms with Crippen LogP contribution >= 0.6 is 0 Å². The average molecular weight is 945 g/mol. The molecule has 65 heavy (non-hydrogen) atoms. The molecule has 0 amide bonds. The Morgan fingerprint density at radius 1 is 0.477 bits per heavy atom. The maximum atomic E-state index is 12.7. The first-order valence-corrected chi connectivity index (χ1v) is 24.5. The predicted octanol–water partition coefficient (Wildman–Crippen LogP) is 16.2. The van der Waals surface area contributed by atoms with Gasteiger partial charge in [0.1, 0.15) is 11.5 Å². The first kappa shape index (κ1) is 48.0. The van der Waals surface area contributed by atoms with Crippen LogP contribution in [0.3, 0.4) is 0 Å². The number of hydrogen-bond acceptors (Lipinski definition) is 3. The van der Waals surface area contributed by atoms with Crippen molar-refractivity contribution >= 4 is 0 Å². The molecule has 0 atom stereocenters. The molecule has 8 aliphatic carbocycles. The largest absolute Gasteiger partial charge is 0.507 e. The second-order valence-corrected chi connectivity index (χ2v) is 23.9. The minimum atomic E-state index is -0.0723. The Balaban J connectivity index is 0.00000192. The topological polar surface area (TPSA) is 53.4 Å². The Morgan fingerprint density at radius 3 is 1.08 bits per heavy atom. The summed E-state index contributed by atoms with van der Waals surface area (Å²) in [6.07, 6.45) is 16.4. The van der Waals surface area contributed by atoms with Crippen LogP contribution in [0.15, 0.2) is 84.9 Å². The molecule has 8 aliphatic rings. The number of pyridine rings is 1. The molecular formula is C61H75NO2Zr-2. The number of aryl methyl sites for hydroxylation is 1. The van der Waals surface area contributed by atoms with Crippen LogP contribution in [0.5, 0.6) is 11.5 Å². The third-order valence-electron chi connectivity index (χ3n) is 17.5. The van der Waals surface area contributed by atoms with E-state index < -0.39 is 0 Å². The van der Waals surface area contributed by atoms with Gasteiger partial charge >= 0.3 is 0 Å². The third kappa shape index (κ3) is 8.25. The van der Waals surface area contributed by atoms with Gasteiger partial charge in [0.15, 0.2) is 0 Å². The van der Waals surface area contributed by atoms with E-state index >= 15 is 0 Å². The molecule has 0 radical (unpaired) electrons. The Labute approximate surface area is 411 Å². The second kappa shape index (κ2) is 17.2. The number of aromatic nitrogens is 1. The van der Waals surface area contributed by atoms with Crippen LogP contribution in [0.1, 0.15) is 153 Å². The number of hydrogen-bond donors (Lipinski definition) is 2. The smallest absolute Gasteiger partial charge is 0.127 e. The van der Waals surface area contributed by atoms with Crippen LogP contribution in [0.4, 0.5) is 0 Å². The zero-order valence-corrected chi connectivity index (χ0v) is 43.5. The van der Waals surface area contributed by atoms with Gasteiger partial charge in [-0.2, -0.15) is 0 Å². The van der Waals surface area contributed by atoms with E-state index in [1.165, 1.54) is 105 Å². The van der Waals surface area contributed by atoms with E-state index in [9.17, 15) is 10.2 Å². The van der Waals surface area contributed by atoms with Crippen molar-refractivity contribution in [3.8, 4) is 56.3 Å². The molecule has 0 spiro atoms. The van der Waals surface area contributed by atoms with Gasteiger partial charge in [-0.1, -0.05) is 109 Å². The summed E-state index contributed by atoms with van der Waals surface area (Å²) in [7, 11) is 0. The number of aromatic hydroxyl groups is 2. The van der Waals surface area contributed by atoms with Crippen molar-refractivity contribution in [2.75, 3.05) is 0 Å². The van der Waals surface area contributed by atoms with E-state index in [-0.39, 0.29) is 62.7 Å². The number of nitrogens with zero attached hydrogens (tertiary/aromatic N) is 1. The van der Waals surface area contributed by atoms with Crippen LogP contribution in [0.2, 0.25) is 0 Å². The fourth-order valence-corrected chi connectivity index (χ4v) is 15.2. The van der Waals surface area contributed by atoms with E-state index in [0.29, 0.717) is 11.5 Å². The van der Waals surface area contributed by atoms with Crippen LogP contribution in [-0.2, 0) is 54.3 Å². The molecule has 8 fully saturated rings. The van der Waals surface area contributed by atoms with Crippen molar-refractivity contribution in [3.63, 3.8) is 0 Å². The Bertz CT molecular complexity index is 2340. The molecule has 4 heteroatoms. The molecule has 3 nitrogen and oxygen atoms in total. The quantitative estimate of drug-likeness (QED) is 0.160. The normalized spacial score (nSPS) is 28.4. The van der Waals surface area contributed by atoms with Gasteiger partial charge in [0.25, 0.3) is 0 Å². The van der Waals surface area contributed by atoms with E-state index in [0.717, 1.165) is 86.7 Å². The summed E-state index contributed by atoms with van der Waals surface area (Å²) in [5.74, 6) is 5.70. The molecule has 1 heterocycles. The molecule has 342 valence electrons. The summed E-state index contributed by atoms with van der Waals surface area (Å²) in [5, 5.41) is 25.4. The first-order chi connectivity index (χ1) is 29.6. The summed E-state index contributed by atoms with van der Waals surface area (Å²) < 4.78 is 0. The van der Waals surface area contributed by atoms with Gasteiger partial charge in [-0.25, -0.2) is 4.98 Å². The fraction of sp³-hybridized carbons (Fsp3) is 0.492. The zero-order valence-electron chi connectivity index (χ0n) is 41.1. The third-order valence-corrected chi connectivity index (χ3v) is 17.5. The molecule has 0 saturated heterocycles. The molecule has 2 N–H and O–H groups in total. The van der Waals surface area contributed by atoms with Crippen molar-refractivity contribution < 1.29 is 36.4 Å². The zero-order chi connectivity index (χ0) is 42.9. The van der Waals surface area contributed by atoms with E-state index in [4.69, 9.17) is 4.98 Å². The number of rotatable bonds is 7. The predicted molar refractivity (Wildman–Crippen MR) is 269 cm³/mol. The second-order valence-electron chi connectivity index (χ2n) is 23.9. The molecule has 8 saturated carbocycles. The standard InChI is InChI=1S/C59H69NO2.2CH3.Zr/c1-8-35-23-52(46-15-11-9-13-44(46)48-25-42(56(2,3)4)27-50(54(48)61)58-29-36-17-37(30-58)19-38(18-36)31-58)60-53(24-35)47-16-12-10-14-45(47)49-26-43(57(5,6)7)28-51(55(49)62)59-32-39-20-40(33-59)22-41(21-39)34-59;;;/h9-16,23-28,36-41,61-62H,8,17-22,29-34H2,1-7H3;2*1H3;/q;2*-1;. The summed E-state index contributed by atoms with van der Waals surface area (Å²) in [5.41, 5.74) is 14.1. The fourth-order valence-electron chi connectivity index (χ4n) is 15.2. The van der Waals surface area contributed by atoms with Gasteiger partial charge in [-0.15, -0.1) is 0 Å². The molecule has 0 aliphatic heterocycles. The van der Waals surface area contributed by atoms with Gasteiger partial charge in [0, 0.05) is 59.6 Å². The Morgan fingerprint density at radius 2 is 0.785 bits per heavy atom. The minimum absolute atomic E-state index is 0. The minimum Gasteiger partial charge on any atom is -0.507 e. The van der Waals surface area contributed by atoms with E-state index in [1.54, 1.807) is 0 Å². The number of benzene rings is 4. The average Bonchev–Trinajstić information content (AvgIpc) is 3.22. The maximum Gasteiger partial charge on any atom is 0.127 e. The maximum absolute atomic E-state index is 12.7. The van der Waals surface area contributed by atoms with Gasteiger partial charge in [0.2, 0.25) is 0 Å². The molecule has 5 aromatic rings. The van der Waals surface area contributed by atoms with Crippen molar-refractivity contribution in [2.24, 2.45) is 35.5 Å². The molecule has 8 bridgehead atoms. The SMILES string of the molecule is CCc1cc(-c2ccccc2-c2cc(C(C)(C)C)cc(C34CC5CC(CC(C5)C3)C4)c2O)nc(-c2ccccc2-c2cc(C(C)(C)C)cc(C34CC5CC(CC(C5)C3)C4)c2O)c1.[CH3-].[CH3-].[Zr]. The van der Waals surface area contributed by atoms with Gasteiger partial charge in [0.05, 0.1) is 11.4 Å². The van der Waals surface area contributed by atoms with Crippen LogP contribution in [-0.4, -0.2) is 15.2 Å². The molecule has 4 aromatic carbocycles. The molecular weight excluding hydrogens is 870 g/mol. The summed E-state index contributed by atoms with van der Waals surface area (Å²) in [4.78, 5) is 5.59. The number of phenols is 2. The van der Waals surface area contributed by atoms with Crippen molar-refractivity contribution in [1.29, 1.82) is 0 Å². The summed E-state index contributed by atoms with van der Waals surface area (Å²) in [6, 6.07) is 31.2. The van der Waals surface area contributed by atoms with Crippen LogP contribution in [0.25, 0.3) is 44.8 Å². The van der Waals surface area contributed by atoms with E-state index in [1.807, 2.05) is 0 Å². The molecule has 13 rings (SSSR count). The Kier molecular flexibility index (Phi) is 12.7. The van der Waals surface area contributed by atoms with Gasteiger partial charge in [-0.3, -0.25) is 0 Å². The van der Waals surface area contributed by atoms with Gasteiger partial charge in [-0.05, 0) is 193 Å². The first-order valence-electron chi connectivity index (χ1n) is 24.5.